The highest BCUT2D eigenvalue weighted by Crippen LogP contribution is 2.20. The van der Waals surface area contributed by atoms with Crippen LogP contribution in [0.3, 0.4) is 0 Å². The van der Waals surface area contributed by atoms with E-state index in [-0.39, 0.29) is 24.1 Å². The number of nitrogens with zero attached hydrogens (tertiary/aromatic N) is 1. The normalized spacial score (nSPS) is 13.7. The monoisotopic (exact) mass is 300 g/mol. The van der Waals surface area contributed by atoms with Gasteiger partial charge in [0.25, 0.3) is 0 Å². The Labute approximate surface area is 121 Å². The van der Waals surface area contributed by atoms with Crippen LogP contribution in [0.5, 0.6) is 0 Å². The van der Waals surface area contributed by atoms with E-state index in [1.54, 1.807) is 18.2 Å². The van der Waals surface area contributed by atoms with Crippen molar-refractivity contribution in [3.8, 4) is 0 Å². The van der Waals surface area contributed by atoms with E-state index < -0.39 is 10.0 Å². The van der Waals surface area contributed by atoms with Crippen molar-refractivity contribution in [1.29, 1.82) is 0 Å². The van der Waals surface area contributed by atoms with Gasteiger partial charge in [-0.05, 0) is 31.0 Å². The highest BCUT2D eigenvalue weighted by molar-refractivity contribution is 7.89. The van der Waals surface area contributed by atoms with Crippen molar-refractivity contribution < 1.29 is 13.5 Å². The van der Waals surface area contributed by atoms with Crippen LogP contribution >= 0.6 is 0 Å². The molecule has 1 unspecified atom stereocenters. The standard InChI is InChI=1S/C14H24N2O3S/c1-3-4-8-16(9-10-17)20(18,19)14-7-5-6-13(11-14)12(2)15/h5-7,11-12,17H,3-4,8-10,15H2,1-2H3. The Hall–Kier alpha value is -0.950. The van der Waals surface area contributed by atoms with Gasteiger partial charge in [-0.2, -0.15) is 4.31 Å². The van der Waals surface area contributed by atoms with Gasteiger partial charge in [0, 0.05) is 19.1 Å². The first-order valence-electron chi connectivity index (χ1n) is 6.90. The first-order valence-corrected chi connectivity index (χ1v) is 8.34. The molecule has 0 fully saturated rings. The summed E-state index contributed by atoms with van der Waals surface area (Å²) in [6.45, 7) is 4.16. The molecule has 0 heterocycles. The highest BCUT2D eigenvalue weighted by Gasteiger charge is 2.23. The van der Waals surface area contributed by atoms with Gasteiger partial charge in [-0.3, -0.25) is 0 Å². The molecule has 20 heavy (non-hydrogen) atoms. The number of sulfonamides is 1. The lowest BCUT2D eigenvalue weighted by atomic mass is 10.1. The van der Waals surface area contributed by atoms with E-state index in [0.29, 0.717) is 6.54 Å². The van der Waals surface area contributed by atoms with Crippen molar-refractivity contribution in [2.24, 2.45) is 5.73 Å². The van der Waals surface area contributed by atoms with Crippen LogP contribution in [0.1, 0.15) is 38.3 Å². The first kappa shape index (κ1) is 17.1. The number of aliphatic hydroxyl groups is 1. The van der Waals surface area contributed by atoms with Crippen molar-refractivity contribution in [2.75, 3.05) is 19.7 Å². The second-order valence-electron chi connectivity index (χ2n) is 4.84. The summed E-state index contributed by atoms with van der Waals surface area (Å²) in [5.74, 6) is 0. The molecule has 0 bridgehead atoms. The number of nitrogens with two attached hydrogens (primary N) is 1. The molecule has 0 spiro atoms. The Morgan fingerprint density at radius 1 is 1.35 bits per heavy atom. The van der Waals surface area contributed by atoms with Gasteiger partial charge in [0.05, 0.1) is 11.5 Å². The van der Waals surface area contributed by atoms with Gasteiger partial charge in [0.2, 0.25) is 10.0 Å². The van der Waals surface area contributed by atoms with Crippen molar-refractivity contribution in [1.82, 2.24) is 4.31 Å². The minimum atomic E-state index is -3.57. The average molecular weight is 300 g/mol. The van der Waals surface area contributed by atoms with Crippen LogP contribution in [-0.4, -0.2) is 37.5 Å². The van der Waals surface area contributed by atoms with Gasteiger partial charge in [0.1, 0.15) is 0 Å². The summed E-state index contributed by atoms with van der Waals surface area (Å²) in [5, 5.41) is 9.06. The maximum atomic E-state index is 12.6. The molecular weight excluding hydrogens is 276 g/mol. The predicted octanol–water partition coefficient (Wildman–Crippen LogP) is 1.49. The molecule has 1 aromatic carbocycles. The second kappa shape index (κ2) is 7.73. The maximum Gasteiger partial charge on any atom is 0.243 e. The Bertz CT molecular complexity index is 515. The van der Waals surface area contributed by atoms with Gasteiger partial charge in [-0.15, -0.1) is 0 Å². The first-order chi connectivity index (χ1) is 9.43. The van der Waals surface area contributed by atoms with Gasteiger partial charge in [0.15, 0.2) is 0 Å². The minimum Gasteiger partial charge on any atom is -0.395 e. The molecule has 114 valence electrons. The molecule has 3 N–H and O–H groups in total. The molecule has 0 saturated carbocycles. The van der Waals surface area contributed by atoms with Crippen molar-refractivity contribution >= 4 is 10.0 Å². The number of unbranched alkanes of at least 4 members (excludes halogenated alkanes) is 1. The zero-order valence-corrected chi connectivity index (χ0v) is 12.9. The predicted molar refractivity (Wildman–Crippen MR) is 79.8 cm³/mol. The summed E-state index contributed by atoms with van der Waals surface area (Å²) < 4.78 is 26.5. The molecule has 0 saturated heterocycles. The van der Waals surface area contributed by atoms with Crippen LogP contribution in [0.15, 0.2) is 29.2 Å². The molecule has 0 amide bonds. The van der Waals surface area contributed by atoms with Gasteiger partial charge in [-0.25, -0.2) is 8.42 Å². The molecule has 1 atom stereocenters. The molecule has 0 radical (unpaired) electrons. The van der Waals surface area contributed by atoms with Gasteiger partial charge in [-0.1, -0.05) is 25.5 Å². The molecule has 1 rings (SSSR count). The van der Waals surface area contributed by atoms with E-state index in [9.17, 15) is 8.42 Å². The quantitative estimate of drug-likeness (QED) is 0.762. The van der Waals surface area contributed by atoms with Crippen molar-refractivity contribution in [3.05, 3.63) is 29.8 Å². The minimum absolute atomic E-state index is 0.116. The SMILES string of the molecule is CCCCN(CCO)S(=O)(=O)c1cccc(C(C)N)c1. The number of hydrogen-bond donors (Lipinski definition) is 2. The van der Waals surface area contributed by atoms with Gasteiger partial charge >= 0.3 is 0 Å². The third-order valence-electron chi connectivity index (χ3n) is 3.13. The average Bonchev–Trinajstić information content (AvgIpc) is 2.43. The van der Waals surface area contributed by atoms with Gasteiger partial charge < -0.3 is 10.8 Å². The zero-order chi connectivity index (χ0) is 15.2. The van der Waals surface area contributed by atoms with E-state index in [0.717, 1.165) is 18.4 Å². The molecule has 5 nitrogen and oxygen atoms in total. The lowest BCUT2D eigenvalue weighted by molar-refractivity contribution is 0.252. The summed E-state index contributed by atoms with van der Waals surface area (Å²) in [4.78, 5) is 0.233. The molecule has 0 aliphatic heterocycles. The highest BCUT2D eigenvalue weighted by atomic mass is 32.2. The molecule has 0 aromatic heterocycles. The summed E-state index contributed by atoms with van der Waals surface area (Å²) >= 11 is 0. The lowest BCUT2D eigenvalue weighted by Gasteiger charge is -2.21. The summed E-state index contributed by atoms with van der Waals surface area (Å²) in [7, 11) is -3.57. The van der Waals surface area contributed by atoms with E-state index >= 15 is 0 Å². The molecule has 6 heteroatoms. The smallest absolute Gasteiger partial charge is 0.243 e. The number of benzene rings is 1. The van der Waals surface area contributed by atoms with Crippen molar-refractivity contribution in [3.63, 3.8) is 0 Å². The Balaban J connectivity index is 3.08. The molecule has 0 aliphatic rings. The molecular formula is C14H24N2O3S. The Morgan fingerprint density at radius 2 is 2.05 bits per heavy atom. The van der Waals surface area contributed by atoms with Crippen LogP contribution in [0.4, 0.5) is 0 Å². The van der Waals surface area contributed by atoms with Crippen LogP contribution in [0, 0.1) is 0 Å². The Kier molecular flexibility index (Phi) is 6.61. The molecule has 0 aliphatic carbocycles. The molecule has 1 aromatic rings. The second-order valence-corrected chi connectivity index (χ2v) is 6.78. The number of rotatable bonds is 8. The van der Waals surface area contributed by atoms with Crippen molar-refractivity contribution in [2.45, 2.75) is 37.6 Å². The van der Waals surface area contributed by atoms with E-state index in [4.69, 9.17) is 10.8 Å². The van der Waals surface area contributed by atoms with Crippen LogP contribution < -0.4 is 5.73 Å². The third-order valence-corrected chi connectivity index (χ3v) is 5.03. The fourth-order valence-electron chi connectivity index (χ4n) is 1.91. The topological polar surface area (TPSA) is 83.6 Å². The van der Waals surface area contributed by atoms with Crippen LogP contribution in [0.25, 0.3) is 0 Å². The van der Waals surface area contributed by atoms with E-state index in [1.807, 2.05) is 19.9 Å². The Morgan fingerprint density at radius 3 is 2.60 bits per heavy atom. The lowest BCUT2D eigenvalue weighted by Crippen LogP contribution is -2.34. The number of hydrogen-bond acceptors (Lipinski definition) is 4. The fraction of sp³-hybridized carbons (Fsp3) is 0.571. The zero-order valence-electron chi connectivity index (χ0n) is 12.1. The summed E-state index contributed by atoms with van der Waals surface area (Å²) in [6.07, 6.45) is 1.67. The fourth-order valence-corrected chi connectivity index (χ4v) is 3.43. The third kappa shape index (κ3) is 4.28. The van der Waals surface area contributed by atoms with Crippen LogP contribution in [-0.2, 0) is 10.0 Å². The maximum absolute atomic E-state index is 12.6. The van der Waals surface area contributed by atoms with E-state index in [1.165, 1.54) is 4.31 Å². The summed E-state index contributed by atoms with van der Waals surface area (Å²) in [5.41, 5.74) is 6.58. The largest absolute Gasteiger partial charge is 0.395 e. The number of aliphatic hydroxyl groups excluding tert-OH is 1. The van der Waals surface area contributed by atoms with E-state index in [2.05, 4.69) is 0 Å². The van der Waals surface area contributed by atoms with Crippen LogP contribution in [0.2, 0.25) is 0 Å². The summed E-state index contributed by atoms with van der Waals surface area (Å²) in [6, 6.07) is 6.47.